The van der Waals surface area contributed by atoms with E-state index < -0.39 is 17.5 Å². The Hall–Kier alpha value is -3.35. The lowest BCUT2D eigenvalue weighted by Gasteiger charge is -2.43. The highest BCUT2D eigenvalue weighted by Gasteiger charge is 2.46. The highest BCUT2D eigenvalue weighted by atomic mass is 16.5. The molecule has 7 heteroatoms. The SMILES string of the molecule is O=C(O)CC1CC(NC(=O)C2(CNC(=O)OCC3c4ccccc4-c4ccccc43)CCC2)C1. The predicted octanol–water partition coefficient (Wildman–Crippen LogP) is 4.06. The predicted molar refractivity (Wildman–Crippen MR) is 126 cm³/mol. The molecular weight excluding hydrogens is 432 g/mol. The third kappa shape index (κ3) is 4.27. The summed E-state index contributed by atoms with van der Waals surface area (Å²) in [7, 11) is 0. The molecule has 2 amide bonds. The van der Waals surface area contributed by atoms with Crippen LogP contribution in [0, 0.1) is 11.3 Å². The minimum Gasteiger partial charge on any atom is -0.481 e. The number of carboxylic acids is 1. The molecule has 5 rings (SSSR count). The molecule has 0 aromatic heterocycles. The van der Waals surface area contributed by atoms with E-state index in [0.29, 0.717) is 12.8 Å². The number of alkyl carbamates (subject to hydrolysis) is 1. The summed E-state index contributed by atoms with van der Waals surface area (Å²) in [6, 6.07) is 16.4. The number of carbonyl (C=O) groups is 3. The van der Waals surface area contributed by atoms with Crippen LogP contribution in [0.5, 0.6) is 0 Å². The summed E-state index contributed by atoms with van der Waals surface area (Å²) in [6.45, 7) is 0.493. The molecule has 34 heavy (non-hydrogen) atoms. The summed E-state index contributed by atoms with van der Waals surface area (Å²) in [4.78, 5) is 36.3. The molecule has 0 bridgehead atoms. The Morgan fingerprint density at radius 1 is 0.971 bits per heavy atom. The molecule has 3 aliphatic rings. The van der Waals surface area contributed by atoms with Crippen LogP contribution in [0.25, 0.3) is 11.1 Å². The van der Waals surface area contributed by atoms with Gasteiger partial charge in [0.05, 0.1) is 5.41 Å². The van der Waals surface area contributed by atoms with Crippen molar-refractivity contribution in [1.82, 2.24) is 10.6 Å². The van der Waals surface area contributed by atoms with Gasteiger partial charge in [0.15, 0.2) is 0 Å². The van der Waals surface area contributed by atoms with Crippen molar-refractivity contribution in [2.45, 2.75) is 50.5 Å². The number of benzene rings is 2. The lowest BCUT2D eigenvalue weighted by Crippen LogP contribution is -2.56. The van der Waals surface area contributed by atoms with Gasteiger partial charge in [-0.05, 0) is 53.9 Å². The van der Waals surface area contributed by atoms with Gasteiger partial charge in [-0.15, -0.1) is 0 Å². The van der Waals surface area contributed by atoms with Crippen LogP contribution in [0.15, 0.2) is 48.5 Å². The molecule has 0 aliphatic heterocycles. The van der Waals surface area contributed by atoms with Crippen LogP contribution in [0.2, 0.25) is 0 Å². The maximum Gasteiger partial charge on any atom is 0.407 e. The highest BCUT2D eigenvalue weighted by Crippen LogP contribution is 2.45. The van der Waals surface area contributed by atoms with Gasteiger partial charge in [-0.2, -0.15) is 0 Å². The zero-order chi connectivity index (χ0) is 23.7. The topological polar surface area (TPSA) is 105 Å². The fourth-order valence-electron chi connectivity index (χ4n) is 5.58. The summed E-state index contributed by atoms with van der Waals surface area (Å²) >= 11 is 0. The zero-order valence-corrected chi connectivity index (χ0v) is 19.1. The van der Waals surface area contributed by atoms with E-state index in [1.54, 1.807) is 0 Å². The van der Waals surface area contributed by atoms with Gasteiger partial charge in [0.25, 0.3) is 0 Å². The molecule has 3 N–H and O–H groups in total. The van der Waals surface area contributed by atoms with Crippen molar-refractivity contribution >= 4 is 18.0 Å². The molecule has 2 saturated carbocycles. The van der Waals surface area contributed by atoms with Crippen LogP contribution >= 0.6 is 0 Å². The number of ether oxygens (including phenoxy) is 1. The van der Waals surface area contributed by atoms with Crippen molar-refractivity contribution in [2.75, 3.05) is 13.2 Å². The van der Waals surface area contributed by atoms with Crippen molar-refractivity contribution < 1.29 is 24.2 Å². The molecule has 0 saturated heterocycles. The average molecular weight is 463 g/mol. The molecule has 2 aromatic carbocycles. The molecule has 3 aliphatic carbocycles. The normalized spacial score (nSPS) is 21.9. The zero-order valence-electron chi connectivity index (χ0n) is 19.1. The maximum absolute atomic E-state index is 12.9. The second-order valence-electron chi connectivity index (χ2n) is 9.92. The Morgan fingerprint density at radius 2 is 1.59 bits per heavy atom. The Bertz CT molecular complexity index is 1060. The number of nitrogens with one attached hydrogen (secondary N) is 2. The lowest BCUT2D eigenvalue weighted by atomic mass is 9.67. The molecular formula is C27H30N2O5. The Balaban J connectivity index is 1.13. The van der Waals surface area contributed by atoms with E-state index in [-0.39, 0.29) is 43.4 Å². The number of rotatable bonds is 8. The first-order valence-electron chi connectivity index (χ1n) is 12.1. The lowest BCUT2D eigenvalue weighted by molar-refractivity contribution is -0.139. The van der Waals surface area contributed by atoms with E-state index in [1.807, 2.05) is 24.3 Å². The Morgan fingerprint density at radius 3 is 2.15 bits per heavy atom. The maximum atomic E-state index is 12.9. The molecule has 178 valence electrons. The third-order valence-electron chi connectivity index (χ3n) is 7.74. The van der Waals surface area contributed by atoms with Crippen molar-refractivity contribution in [3.8, 4) is 11.1 Å². The monoisotopic (exact) mass is 462 g/mol. The van der Waals surface area contributed by atoms with E-state index in [4.69, 9.17) is 9.84 Å². The number of amides is 2. The van der Waals surface area contributed by atoms with Crippen LogP contribution in [-0.4, -0.2) is 42.3 Å². The summed E-state index contributed by atoms with van der Waals surface area (Å²) < 4.78 is 5.61. The number of carbonyl (C=O) groups excluding carboxylic acids is 2. The molecule has 2 fully saturated rings. The molecule has 0 radical (unpaired) electrons. The largest absolute Gasteiger partial charge is 0.481 e. The van der Waals surface area contributed by atoms with E-state index in [2.05, 4.69) is 34.9 Å². The molecule has 0 heterocycles. The summed E-state index contributed by atoms with van der Waals surface area (Å²) in [5, 5.41) is 14.8. The second kappa shape index (κ2) is 9.12. The fraction of sp³-hybridized carbons (Fsp3) is 0.444. The van der Waals surface area contributed by atoms with Crippen molar-refractivity contribution in [3.63, 3.8) is 0 Å². The first-order valence-corrected chi connectivity index (χ1v) is 12.1. The van der Waals surface area contributed by atoms with Gasteiger partial charge in [0, 0.05) is 24.9 Å². The van der Waals surface area contributed by atoms with Gasteiger partial charge in [0.1, 0.15) is 6.61 Å². The van der Waals surface area contributed by atoms with Gasteiger partial charge >= 0.3 is 12.1 Å². The van der Waals surface area contributed by atoms with Crippen molar-refractivity contribution in [3.05, 3.63) is 59.7 Å². The van der Waals surface area contributed by atoms with Crippen LogP contribution in [-0.2, 0) is 14.3 Å². The van der Waals surface area contributed by atoms with E-state index in [1.165, 1.54) is 11.1 Å². The van der Waals surface area contributed by atoms with Crippen LogP contribution < -0.4 is 10.6 Å². The molecule has 0 atom stereocenters. The quantitative estimate of drug-likeness (QED) is 0.549. The average Bonchev–Trinajstić information content (AvgIpc) is 3.09. The van der Waals surface area contributed by atoms with Crippen molar-refractivity contribution in [2.24, 2.45) is 11.3 Å². The summed E-state index contributed by atoms with van der Waals surface area (Å²) in [5.74, 6) is -0.704. The standard InChI is InChI=1S/C27H30N2O5/c30-24(31)14-17-12-18(13-17)29-25(32)27(10-5-11-27)16-28-26(33)34-15-23-21-8-3-1-6-19(21)20-7-2-4-9-22(20)23/h1-4,6-9,17-18,23H,5,10-16H2,(H,28,33)(H,29,32)(H,30,31). The Labute approximate surface area is 198 Å². The van der Waals surface area contributed by atoms with E-state index >= 15 is 0 Å². The van der Waals surface area contributed by atoms with Crippen molar-refractivity contribution in [1.29, 1.82) is 0 Å². The molecule has 7 nitrogen and oxygen atoms in total. The van der Waals surface area contributed by atoms with Crippen LogP contribution in [0.4, 0.5) is 4.79 Å². The number of carboxylic acid groups (broad SMARTS) is 1. The number of hydrogen-bond acceptors (Lipinski definition) is 4. The van der Waals surface area contributed by atoms with Gasteiger partial charge in [-0.1, -0.05) is 55.0 Å². The van der Waals surface area contributed by atoms with E-state index in [0.717, 1.165) is 30.4 Å². The van der Waals surface area contributed by atoms with Crippen LogP contribution in [0.3, 0.4) is 0 Å². The van der Waals surface area contributed by atoms with Gasteiger partial charge in [-0.25, -0.2) is 4.79 Å². The smallest absolute Gasteiger partial charge is 0.407 e. The van der Waals surface area contributed by atoms with Gasteiger partial charge in [0.2, 0.25) is 5.91 Å². The van der Waals surface area contributed by atoms with Crippen LogP contribution in [0.1, 0.15) is 55.6 Å². The number of fused-ring (bicyclic) bond motifs is 3. The molecule has 0 spiro atoms. The molecule has 0 unspecified atom stereocenters. The number of hydrogen-bond donors (Lipinski definition) is 3. The first-order chi connectivity index (χ1) is 16.4. The minimum atomic E-state index is -0.794. The fourth-order valence-corrected chi connectivity index (χ4v) is 5.58. The first kappa shape index (κ1) is 22.4. The summed E-state index contributed by atoms with van der Waals surface area (Å²) in [6.07, 6.45) is 3.46. The molecule has 2 aromatic rings. The highest BCUT2D eigenvalue weighted by molar-refractivity contribution is 5.85. The minimum absolute atomic E-state index is 0.00326. The Kier molecular flexibility index (Phi) is 6.02. The number of aliphatic carboxylic acids is 1. The van der Waals surface area contributed by atoms with Gasteiger partial charge < -0.3 is 20.5 Å². The third-order valence-corrected chi connectivity index (χ3v) is 7.74. The van der Waals surface area contributed by atoms with E-state index in [9.17, 15) is 14.4 Å². The summed E-state index contributed by atoms with van der Waals surface area (Å²) in [5.41, 5.74) is 4.09. The van der Waals surface area contributed by atoms with Gasteiger partial charge in [-0.3, -0.25) is 9.59 Å². The second-order valence-corrected chi connectivity index (χ2v) is 9.92.